The zero-order valence-electron chi connectivity index (χ0n) is 16.7. The Hall–Kier alpha value is -3.41. The number of pyridine rings is 1. The lowest BCUT2D eigenvalue weighted by Crippen LogP contribution is -2.33. The van der Waals surface area contributed by atoms with Crippen LogP contribution in [0.5, 0.6) is 0 Å². The van der Waals surface area contributed by atoms with Gasteiger partial charge in [-0.1, -0.05) is 30.3 Å². The summed E-state index contributed by atoms with van der Waals surface area (Å²) in [6, 6.07) is 14.1. The molecule has 0 unspecified atom stereocenters. The Bertz CT molecular complexity index is 1200. The molecule has 1 aliphatic heterocycles. The first-order valence-electron chi connectivity index (χ1n) is 9.95. The van der Waals surface area contributed by atoms with E-state index in [-0.39, 0.29) is 5.91 Å². The molecule has 5 rings (SSSR count). The van der Waals surface area contributed by atoms with Crippen LogP contribution in [0.4, 0.5) is 0 Å². The second-order valence-corrected chi connectivity index (χ2v) is 7.59. The number of carbonyl (C=O) groups excluding carboxylic acids is 1. The van der Waals surface area contributed by atoms with E-state index in [0.717, 1.165) is 35.6 Å². The Balaban J connectivity index is 1.45. The van der Waals surface area contributed by atoms with Crippen molar-refractivity contribution >= 4 is 11.6 Å². The van der Waals surface area contributed by atoms with Gasteiger partial charge >= 0.3 is 0 Å². The van der Waals surface area contributed by atoms with Crippen LogP contribution >= 0.6 is 0 Å². The minimum absolute atomic E-state index is 0.0389. The Morgan fingerprint density at radius 3 is 2.66 bits per heavy atom. The molecule has 4 heterocycles. The fourth-order valence-electron chi connectivity index (χ4n) is 4.32. The van der Waals surface area contributed by atoms with Crippen molar-refractivity contribution in [1.29, 1.82) is 0 Å². The normalized spacial score (nSPS) is 14.1. The largest absolute Gasteiger partial charge is 0.338 e. The fraction of sp³-hybridized carbons (Fsp3) is 0.261. The first-order valence-corrected chi connectivity index (χ1v) is 9.95. The smallest absolute Gasteiger partial charge is 0.257 e. The van der Waals surface area contributed by atoms with Crippen molar-refractivity contribution in [1.82, 2.24) is 24.1 Å². The zero-order valence-corrected chi connectivity index (χ0v) is 16.7. The summed E-state index contributed by atoms with van der Waals surface area (Å²) in [7, 11) is 2.00. The molecule has 3 aromatic heterocycles. The Kier molecular flexibility index (Phi) is 4.19. The van der Waals surface area contributed by atoms with Gasteiger partial charge in [0.2, 0.25) is 0 Å². The van der Waals surface area contributed by atoms with Gasteiger partial charge in [0.1, 0.15) is 5.65 Å². The summed E-state index contributed by atoms with van der Waals surface area (Å²) in [6.45, 7) is 3.29. The Labute approximate surface area is 169 Å². The first kappa shape index (κ1) is 17.7. The van der Waals surface area contributed by atoms with Gasteiger partial charge in [0.25, 0.3) is 5.91 Å². The molecule has 0 atom stereocenters. The van der Waals surface area contributed by atoms with Crippen molar-refractivity contribution in [3.63, 3.8) is 0 Å². The molecule has 0 spiro atoms. The van der Waals surface area contributed by atoms with E-state index in [1.54, 1.807) is 0 Å². The third-order valence-corrected chi connectivity index (χ3v) is 5.65. The molecular formula is C23H23N5O. The van der Waals surface area contributed by atoms with Crippen LogP contribution in [0.3, 0.4) is 0 Å². The molecule has 0 saturated heterocycles. The van der Waals surface area contributed by atoms with Crippen LogP contribution in [0.2, 0.25) is 0 Å². The number of carbonyl (C=O) groups is 1. The summed E-state index contributed by atoms with van der Waals surface area (Å²) in [5.74, 6) is 0.0389. The summed E-state index contributed by atoms with van der Waals surface area (Å²) in [5.41, 5.74) is 6.96. The lowest BCUT2D eigenvalue weighted by molar-refractivity contribution is 0.0764. The van der Waals surface area contributed by atoms with Gasteiger partial charge in [-0.2, -0.15) is 5.10 Å². The number of fused-ring (bicyclic) bond motifs is 2. The number of imidazole rings is 1. The molecule has 0 saturated carbocycles. The maximum atomic E-state index is 13.3. The van der Waals surface area contributed by atoms with E-state index in [1.165, 1.54) is 11.1 Å². The first-order chi connectivity index (χ1) is 14.1. The van der Waals surface area contributed by atoms with Crippen LogP contribution in [-0.4, -0.2) is 43.1 Å². The van der Waals surface area contributed by atoms with Gasteiger partial charge in [-0.15, -0.1) is 0 Å². The Morgan fingerprint density at radius 1 is 1.03 bits per heavy atom. The standard InChI is InChI=1S/C23H23N5O/c1-16-15-28-12-6-9-19(22(28)24-16)23(29)27-13-10-18-20(11-14-27)25-26(2)21(18)17-7-4-3-5-8-17/h3-9,12,15H,10-11,13-14H2,1-2H3. The second kappa shape index (κ2) is 6.88. The van der Waals surface area contributed by atoms with E-state index in [2.05, 4.69) is 29.2 Å². The van der Waals surface area contributed by atoms with Crippen LogP contribution in [0, 0.1) is 6.92 Å². The molecule has 6 heteroatoms. The molecular weight excluding hydrogens is 362 g/mol. The summed E-state index contributed by atoms with van der Waals surface area (Å²) < 4.78 is 3.90. The van der Waals surface area contributed by atoms with E-state index in [1.807, 2.05) is 58.5 Å². The molecule has 0 bridgehead atoms. The number of hydrogen-bond acceptors (Lipinski definition) is 3. The highest BCUT2D eigenvalue weighted by Crippen LogP contribution is 2.29. The molecule has 6 nitrogen and oxygen atoms in total. The summed E-state index contributed by atoms with van der Waals surface area (Å²) in [6.07, 6.45) is 5.44. The topological polar surface area (TPSA) is 55.4 Å². The molecule has 1 amide bonds. The van der Waals surface area contributed by atoms with Crippen LogP contribution in [0.1, 0.15) is 27.3 Å². The van der Waals surface area contributed by atoms with Crippen molar-refractivity contribution in [2.75, 3.05) is 13.1 Å². The number of aromatic nitrogens is 4. The minimum atomic E-state index is 0.0389. The SMILES string of the molecule is Cc1cn2cccc(C(=O)N3CCc4nn(C)c(-c5ccccc5)c4CC3)c2n1. The van der Waals surface area contributed by atoms with Crippen LogP contribution in [0.15, 0.2) is 54.9 Å². The molecule has 0 fully saturated rings. The maximum absolute atomic E-state index is 13.3. The van der Waals surface area contributed by atoms with Crippen LogP contribution < -0.4 is 0 Å². The number of rotatable bonds is 2. The van der Waals surface area contributed by atoms with Crippen molar-refractivity contribution in [2.24, 2.45) is 7.05 Å². The molecule has 4 aromatic rings. The van der Waals surface area contributed by atoms with Gasteiger partial charge in [-0.25, -0.2) is 4.98 Å². The molecule has 1 aliphatic rings. The van der Waals surface area contributed by atoms with Gasteiger partial charge < -0.3 is 9.30 Å². The van der Waals surface area contributed by atoms with E-state index in [4.69, 9.17) is 5.10 Å². The van der Waals surface area contributed by atoms with E-state index >= 15 is 0 Å². The number of aryl methyl sites for hydroxylation is 2. The predicted molar refractivity (Wildman–Crippen MR) is 112 cm³/mol. The van der Waals surface area contributed by atoms with E-state index in [9.17, 15) is 4.79 Å². The van der Waals surface area contributed by atoms with Crippen molar-refractivity contribution in [3.05, 3.63) is 77.4 Å². The van der Waals surface area contributed by atoms with Gasteiger partial charge in [-0.05, 0) is 25.5 Å². The third kappa shape index (κ3) is 3.01. The zero-order chi connectivity index (χ0) is 20.0. The van der Waals surface area contributed by atoms with Crippen LogP contribution in [-0.2, 0) is 19.9 Å². The fourth-order valence-corrected chi connectivity index (χ4v) is 4.32. The average Bonchev–Trinajstić information content (AvgIpc) is 3.19. The van der Waals surface area contributed by atoms with Crippen molar-refractivity contribution in [3.8, 4) is 11.3 Å². The third-order valence-electron chi connectivity index (χ3n) is 5.65. The summed E-state index contributed by atoms with van der Waals surface area (Å²) in [5, 5.41) is 4.77. The quantitative estimate of drug-likeness (QED) is 0.532. The van der Waals surface area contributed by atoms with Crippen LogP contribution in [0.25, 0.3) is 16.9 Å². The van der Waals surface area contributed by atoms with Gasteiger partial charge in [0.15, 0.2) is 0 Å². The summed E-state index contributed by atoms with van der Waals surface area (Å²) in [4.78, 5) is 19.8. The minimum Gasteiger partial charge on any atom is -0.338 e. The van der Waals surface area contributed by atoms with E-state index < -0.39 is 0 Å². The molecule has 0 radical (unpaired) electrons. The molecule has 0 aliphatic carbocycles. The monoisotopic (exact) mass is 385 g/mol. The van der Waals surface area contributed by atoms with E-state index in [0.29, 0.717) is 18.7 Å². The maximum Gasteiger partial charge on any atom is 0.257 e. The number of amides is 1. The van der Waals surface area contributed by atoms with Gasteiger partial charge in [0, 0.05) is 50.1 Å². The predicted octanol–water partition coefficient (Wildman–Crippen LogP) is 3.28. The number of benzene rings is 1. The second-order valence-electron chi connectivity index (χ2n) is 7.59. The number of hydrogen-bond donors (Lipinski definition) is 0. The molecule has 1 aromatic carbocycles. The molecule has 29 heavy (non-hydrogen) atoms. The highest BCUT2D eigenvalue weighted by molar-refractivity contribution is 5.99. The lowest BCUT2D eigenvalue weighted by Gasteiger charge is -2.20. The molecule has 0 N–H and O–H groups in total. The molecule has 146 valence electrons. The van der Waals surface area contributed by atoms with Crippen molar-refractivity contribution < 1.29 is 4.79 Å². The summed E-state index contributed by atoms with van der Waals surface area (Å²) >= 11 is 0. The lowest BCUT2D eigenvalue weighted by atomic mass is 10.0. The van der Waals surface area contributed by atoms with Gasteiger partial charge in [-0.3, -0.25) is 9.48 Å². The van der Waals surface area contributed by atoms with Crippen molar-refractivity contribution in [2.45, 2.75) is 19.8 Å². The highest BCUT2D eigenvalue weighted by Gasteiger charge is 2.26. The number of nitrogens with zero attached hydrogens (tertiary/aromatic N) is 5. The average molecular weight is 385 g/mol. The highest BCUT2D eigenvalue weighted by atomic mass is 16.2. The van der Waals surface area contributed by atoms with Gasteiger partial charge in [0.05, 0.1) is 22.6 Å². The Morgan fingerprint density at radius 2 is 1.83 bits per heavy atom.